The van der Waals surface area contributed by atoms with Crippen LogP contribution in [0.15, 0.2) is 122 Å². The van der Waals surface area contributed by atoms with Gasteiger partial charge < -0.3 is 33.8 Å². The molecule has 0 aromatic carbocycles. The lowest BCUT2D eigenvalue weighted by atomic mass is 10.1. The number of hydrogen-bond donors (Lipinski definition) is 3. The SMILES string of the molecule is CC/C=C\C/C=C\C/C=C\C/C=C\C/C=C\CCCC(=O)OCC(COP(=O)(O)OCC(O)COP(=O)(O)OCC(COC(=O)CCCCCCCC/C=C\C/C=C\C/C=C\CCCCC)OC(=O)CCCCCCC/C=C\CCCCCCCC)OC(=O)CCCCCCC/C=C\CCCC. The zero-order valence-corrected chi connectivity index (χ0v) is 65.8. The molecule has 102 heavy (non-hydrogen) atoms. The topological polar surface area (TPSA) is 237 Å². The molecule has 0 aliphatic carbocycles. The minimum atomic E-state index is -4.99. The number of phosphoric ester groups is 2. The molecule has 0 rings (SSSR count). The number of unbranched alkanes of at least 4 members (excludes halogenated alkanes) is 28. The summed E-state index contributed by atoms with van der Waals surface area (Å²) in [6.45, 7) is 4.60. The maximum atomic E-state index is 13.1. The van der Waals surface area contributed by atoms with Gasteiger partial charge in [-0.05, 0) is 148 Å². The van der Waals surface area contributed by atoms with Crippen LogP contribution in [0.5, 0.6) is 0 Å². The minimum absolute atomic E-state index is 0.0699. The highest BCUT2D eigenvalue weighted by Gasteiger charge is 2.30. The van der Waals surface area contributed by atoms with E-state index in [1.165, 1.54) is 70.6 Å². The minimum Gasteiger partial charge on any atom is -0.462 e. The van der Waals surface area contributed by atoms with Crippen molar-refractivity contribution < 1.29 is 80.2 Å². The normalized spacial score (nSPS) is 14.5. The highest BCUT2D eigenvalue weighted by Crippen LogP contribution is 2.45. The number of ether oxygens (including phenoxy) is 4. The predicted octanol–water partition coefficient (Wildman–Crippen LogP) is 23.1. The maximum absolute atomic E-state index is 13.1. The molecule has 0 fully saturated rings. The Morgan fingerprint density at radius 3 is 0.882 bits per heavy atom. The van der Waals surface area contributed by atoms with Crippen LogP contribution in [0.1, 0.15) is 323 Å². The largest absolute Gasteiger partial charge is 0.472 e. The number of esters is 4. The lowest BCUT2D eigenvalue weighted by Crippen LogP contribution is -2.30. The van der Waals surface area contributed by atoms with Crippen molar-refractivity contribution in [1.82, 2.24) is 0 Å². The number of carbonyl (C=O) groups excluding carboxylic acids is 4. The third kappa shape index (κ3) is 73.8. The van der Waals surface area contributed by atoms with E-state index < -0.39 is 97.5 Å². The second-order valence-corrected chi connectivity index (χ2v) is 29.2. The average molecular weight is 1470 g/mol. The Kier molecular flexibility index (Phi) is 71.4. The molecule has 3 N–H and O–H groups in total. The standard InChI is InChI=1S/C83H142O17P2/c1-5-9-13-17-21-25-29-32-35-37-38-40-43-45-49-52-56-60-64-68-81(86)94-74-79(100-83(88)70-66-62-58-54-50-46-41-34-31-27-23-19-15-11-7-3)76-98-102(91,92)96-72-77(84)71-95-101(89,90)97-75-78(99-82(87)69-65-61-57-53-47-28-24-20-16-12-8-4)73-93-80(85)67-63-59-55-51-48-44-42-39-36-33-30-26-22-18-14-10-6-2/h10,14,20-22,24-26,32-36,38,40-42,44,51,55,77-79,84H,5-9,11-13,15-19,23,27-31,37,39,43,45-50,52-54,56-76H2,1-4H3,(H,89,90)(H,91,92)/b14-10-,24-20-,25-21-,26-22-,35-32-,36-33-,40-38-,41-34-,44-42-,55-51-. The van der Waals surface area contributed by atoms with Gasteiger partial charge in [-0.3, -0.25) is 37.3 Å². The van der Waals surface area contributed by atoms with Crippen LogP contribution in [-0.4, -0.2) is 96.7 Å². The fourth-order valence-corrected chi connectivity index (χ4v) is 11.9. The van der Waals surface area contributed by atoms with E-state index in [1.54, 1.807) is 0 Å². The van der Waals surface area contributed by atoms with Crippen LogP contribution in [0, 0.1) is 0 Å². The molecule has 19 heteroatoms. The summed E-state index contributed by atoms with van der Waals surface area (Å²) in [6.07, 6.45) is 81.9. The third-order valence-electron chi connectivity index (χ3n) is 16.4. The van der Waals surface area contributed by atoms with Gasteiger partial charge in [-0.15, -0.1) is 0 Å². The van der Waals surface area contributed by atoms with E-state index in [2.05, 4.69) is 137 Å². The van der Waals surface area contributed by atoms with Crippen LogP contribution in [-0.2, 0) is 65.4 Å². The van der Waals surface area contributed by atoms with Crippen LogP contribution >= 0.6 is 15.6 Å². The summed E-state index contributed by atoms with van der Waals surface area (Å²) in [5.74, 6) is -2.27. The van der Waals surface area contributed by atoms with Crippen molar-refractivity contribution in [2.45, 2.75) is 341 Å². The third-order valence-corrected chi connectivity index (χ3v) is 18.3. The first-order valence-corrected chi connectivity index (χ1v) is 42.8. The smallest absolute Gasteiger partial charge is 0.462 e. The molecule has 5 unspecified atom stereocenters. The van der Waals surface area contributed by atoms with Gasteiger partial charge in [0.1, 0.15) is 19.3 Å². The average Bonchev–Trinajstić information content (AvgIpc) is 0.926. The highest BCUT2D eigenvalue weighted by atomic mass is 31.2. The van der Waals surface area contributed by atoms with Crippen LogP contribution in [0.25, 0.3) is 0 Å². The fraction of sp³-hybridized carbons (Fsp3) is 0.711. The molecular formula is C83H142O17P2. The van der Waals surface area contributed by atoms with Gasteiger partial charge in [0.2, 0.25) is 0 Å². The molecule has 0 aromatic heterocycles. The summed E-state index contributed by atoms with van der Waals surface area (Å²) in [5, 5.41) is 10.6. The number of aliphatic hydroxyl groups excluding tert-OH is 1. The maximum Gasteiger partial charge on any atom is 0.472 e. The highest BCUT2D eigenvalue weighted by molar-refractivity contribution is 7.47. The van der Waals surface area contributed by atoms with Crippen LogP contribution in [0.4, 0.5) is 0 Å². The Morgan fingerprint density at radius 2 is 0.529 bits per heavy atom. The van der Waals surface area contributed by atoms with Crippen molar-refractivity contribution in [1.29, 1.82) is 0 Å². The van der Waals surface area contributed by atoms with Crippen LogP contribution in [0.3, 0.4) is 0 Å². The first-order chi connectivity index (χ1) is 49.7. The first kappa shape index (κ1) is 97.5. The lowest BCUT2D eigenvalue weighted by Gasteiger charge is -2.21. The molecule has 5 atom stereocenters. The molecule has 0 saturated heterocycles. The Labute approximate surface area is 619 Å². The van der Waals surface area contributed by atoms with Crippen LogP contribution in [0.2, 0.25) is 0 Å². The van der Waals surface area contributed by atoms with E-state index in [0.29, 0.717) is 32.1 Å². The van der Waals surface area contributed by atoms with Crippen molar-refractivity contribution in [2.24, 2.45) is 0 Å². The fourth-order valence-electron chi connectivity index (χ4n) is 10.3. The summed E-state index contributed by atoms with van der Waals surface area (Å²) in [6, 6.07) is 0. The van der Waals surface area contributed by atoms with E-state index in [1.807, 2.05) is 12.2 Å². The lowest BCUT2D eigenvalue weighted by molar-refractivity contribution is -0.161. The quantitative estimate of drug-likeness (QED) is 0.0169. The van der Waals surface area contributed by atoms with Crippen molar-refractivity contribution in [3.05, 3.63) is 122 Å². The van der Waals surface area contributed by atoms with Crippen molar-refractivity contribution in [3.8, 4) is 0 Å². The van der Waals surface area contributed by atoms with E-state index in [0.717, 1.165) is 167 Å². The summed E-state index contributed by atoms with van der Waals surface area (Å²) >= 11 is 0. The monoisotopic (exact) mass is 1470 g/mol. The second-order valence-electron chi connectivity index (χ2n) is 26.3. The molecule has 17 nitrogen and oxygen atoms in total. The molecule has 0 heterocycles. The zero-order valence-electron chi connectivity index (χ0n) is 64.0. The summed E-state index contributed by atoms with van der Waals surface area (Å²) in [5.41, 5.74) is 0. The van der Waals surface area contributed by atoms with Gasteiger partial charge in [0, 0.05) is 25.7 Å². The number of phosphoric acid groups is 2. The second kappa shape index (κ2) is 74.7. The molecule has 0 aliphatic heterocycles. The Hall–Kier alpha value is -4.54. The van der Waals surface area contributed by atoms with Gasteiger partial charge in [-0.1, -0.05) is 271 Å². The van der Waals surface area contributed by atoms with Gasteiger partial charge in [0.05, 0.1) is 26.4 Å². The summed E-state index contributed by atoms with van der Waals surface area (Å²) < 4.78 is 68.5. The number of rotatable bonds is 74. The summed E-state index contributed by atoms with van der Waals surface area (Å²) in [7, 11) is -9.98. The van der Waals surface area contributed by atoms with E-state index in [9.17, 15) is 43.2 Å². The van der Waals surface area contributed by atoms with Crippen molar-refractivity contribution in [3.63, 3.8) is 0 Å². The number of allylic oxidation sites excluding steroid dienone is 20. The summed E-state index contributed by atoms with van der Waals surface area (Å²) in [4.78, 5) is 72.9. The zero-order chi connectivity index (χ0) is 74.6. The first-order valence-electron chi connectivity index (χ1n) is 39.8. The number of aliphatic hydroxyl groups is 1. The van der Waals surface area contributed by atoms with Crippen molar-refractivity contribution >= 4 is 39.5 Å². The molecule has 0 aliphatic rings. The Bertz CT molecular complexity index is 2410. The number of carbonyl (C=O) groups is 4. The number of hydrogen-bond acceptors (Lipinski definition) is 15. The van der Waals surface area contributed by atoms with Gasteiger partial charge in [0.25, 0.3) is 0 Å². The van der Waals surface area contributed by atoms with E-state index in [-0.39, 0.29) is 25.7 Å². The van der Waals surface area contributed by atoms with Gasteiger partial charge in [0.15, 0.2) is 12.2 Å². The van der Waals surface area contributed by atoms with E-state index in [4.69, 9.17) is 37.0 Å². The Balaban J connectivity index is 5.38. The molecule has 0 aromatic rings. The Morgan fingerprint density at radius 1 is 0.284 bits per heavy atom. The van der Waals surface area contributed by atoms with Crippen LogP contribution < -0.4 is 0 Å². The molecule has 0 amide bonds. The van der Waals surface area contributed by atoms with Gasteiger partial charge >= 0.3 is 39.5 Å². The molecule has 586 valence electrons. The predicted molar refractivity (Wildman–Crippen MR) is 418 cm³/mol. The molecule has 0 bridgehead atoms. The van der Waals surface area contributed by atoms with Gasteiger partial charge in [-0.2, -0.15) is 0 Å². The molecule has 0 radical (unpaired) electrons. The molecular weight excluding hydrogens is 1330 g/mol. The van der Waals surface area contributed by atoms with Crippen molar-refractivity contribution in [2.75, 3.05) is 39.6 Å². The molecule has 0 spiro atoms. The molecule has 0 saturated carbocycles. The van der Waals surface area contributed by atoms with E-state index >= 15 is 0 Å². The van der Waals surface area contributed by atoms with Gasteiger partial charge in [-0.25, -0.2) is 9.13 Å².